The molecule has 1 aromatic heterocycles. The van der Waals surface area contributed by atoms with E-state index in [9.17, 15) is 14.0 Å². The van der Waals surface area contributed by atoms with Gasteiger partial charge in [0.2, 0.25) is 17.8 Å². The van der Waals surface area contributed by atoms with E-state index in [0.717, 1.165) is 18.4 Å². The second kappa shape index (κ2) is 9.34. The van der Waals surface area contributed by atoms with Crippen LogP contribution in [0, 0.1) is 11.7 Å². The fourth-order valence-corrected chi connectivity index (χ4v) is 3.61. The van der Waals surface area contributed by atoms with Crippen molar-refractivity contribution in [3.63, 3.8) is 0 Å². The average molecular weight is 435 g/mol. The number of rotatable bonds is 8. The van der Waals surface area contributed by atoms with E-state index >= 15 is 0 Å². The minimum Gasteiger partial charge on any atom is -0.330 e. The first-order valence-corrected chi connectivity index (χ1v) is 10.9. The zero-order valence-electron chi connectivity index (χ0n) is 18.3. The number of carbonyl (C=O) groups excluding carboxylic acids is 2. The number of imidazole rings is 1. The Morgan fingerprint density at radius 3 is 2.44 bits per heavy atom. The molecule has 1 aliphatic carbocycles. The molecule has 0 radical (unpaired) electrons. The fourth-order valence-electron chi connectivity index (χ4n) is 3.61. The summed E-state index contributed by atoms with van der Waals surface area (Å²) in [6.45, 7) is 3.98. The van der Waals surface area contributed by atoms with Crippen LogP contribution in [0.2, 0.25) is 0 Å². The molecule has 32 heavy (non-hydrogen) atoms. The number of amides is 2. The van der Waals surface area contributed by atoms with E-state index in [-0.39, 0.29) is 36.1 Å². The molecule has 4 rings (SSSR count). The lowest BCUT2D eigenvalue weighted by molar-refractivity contribution is -0.135. The molecule has 166 valence electrons. The van der Waals surface area contributed by atoms with Gasteiger partial charge >= 0.3 is 0 Å². The van der Waals surface area contributed by atoms with Gasteiger partial charge in [0.05, 0.1) is 5.69 Å². The molecule has 6 nitrogen and oxygen atoms in total. The van der Waals surface area contributed by atoms with Gasteiger partial charge in [0, 0.05) is 29.9 Å². The first-order chi connectivity index (χ1) is 15.4. The number of hydrogen-bond donors (Lipinski definition) is 1. The van der Waals surface area contributed by atoms with E-state index in [0.29, 0.717) is 23.8 Å². The van der Waals surface area contributed by atoms with Crippen LogP contribution in [0.4, 0.5) is 10.3 Å². The number of halogens is 1. The summed E-state index contributed by atoms with van der Waals surface area (Å²) in [6, 6.07) is 15.7. The summed E-state index contributed by atoms with van der Waals surface area (Å²) < 4.78 is 15.2. The molecule has 1 fully saturated rings. The van der Waals surface area contributed by atoms with Crippen molar-refractivity contribution in [2.45, 2.75) is 39.2 Å². The van der Waals surface area contributed by atoms with Crippen molar-refractivity contribution < 1.29 is 14.0 Å². The Bertz CT molecular complexity index is 1090. The summed E-state index contributed by atoms with van der Waals surface area (Å²) in [7, 11) is 0. The highest BCUT2D eigenvalue weighted by atomic mass is 19.1. The Balaban J connectivity index is 1.58. The van der Waals surface area contributed by atoms with Gasteiger partial charge in [-0.05, 0) is 43.0 Å². The van der Waals surface area contributed by atoms with Crippen molar-refractivity contribution >= 4 is 17.8 Å². The Morgan fingerprint density at radius 1 is 1.12 bits per heavy atom. The maximum Gasteiger partial charge on any atom is 0.246 e. The van der Waals surface area contributed by atoms with Gasteiger partial charge in [-0.3, -0.25) is 19.5 Å². The number of aromatic nitrogens is 2. The number of benzene rings is 2. The molecule has 0 aliphatic heterocycles. The van der Waals surface area contributed by atoms with Crippen LogP contribution >= 0.6 is 0 Å². The maximum atomic E-state index is 13.4. The minimum atomic E-state index is -0.341. The highest BCUT2D eigenvalue weighted by molar-refractivity contribution is 5.94. The van der Waals surface area contributed by atoms with Gasteiger partial charge in [-0.1, -0.05) is 44.2 Å². The first kappa shape index (κ1) is 21.7. The largest absolute Gasteiger partial charge is 0.330 e. The number of carbonyl (C=O) groups is 2. The van der Waals surface area contributed by atoms with Crippen molar-refractivity contribution in [1.29, 1.82) is 0 Å². The van der Waals surface area contributed by atoms with E-state index in [1.807, 2.05) is 44.2 Å². The van der Waals surface area contributed by atoms with Crippen molar-refractivity contribution in [3.8, 4) is 16.9 Å². The fraction of sp³-hybridized carbons (Fsp3) is 0.320. The van der Waals surface area contributed by atoms with Crippen LogP contribution in [-0.2, 0) is 9.59 Å². The van der Waals surface area contributed by atoms with Crippen molar-refractivity contribution in [3.05, 3.63) is 66.6 Å². The molecule has 0 unspecified atom stereocenters. The van der Waals surface area contributed by atoms with Gasteiger partial charge in [0.1, 0.15) is 12.4 Å². The summed E-state index contributed by atoms with van der Waals surface area (Å²) in [4.78, 5) is 31.8. The molecule has 3 aromatic rings. The summed E-state index contributed by atoms with van der Waals surface area (Å²) in [5, 5.41) is 2.86. The van der Waals surface area contributed by atoms with Gasteiger partial charge < -0.3 is 4.90 Å². The predicted octanol–water partition coefficient (Wildman–Crippen LogP) is 4.65. The summed E-state index contributed by atoms with van der Waals surface area (Å²) in [5.74, 6) is -0.0799. The van der Waals surface area contributed by atoms with E-state index in [4.69, 9.17) is 0 Å². The predicted molar refractivity (Wildman–Crippen MR) is 122 cm³/mol. The Kier molecular flexibility index (Phi) is 6.35. The van der Waals surface area contributed by atoms with E-state index < -0.39 is 0 Å². The molecule has 7 heteroatoms. The Morgan fingerprint density at radius 2 is 1.81 bits per heavy atom. The lowest BCUT2D eigenvalue weighted by atomic mass is 10.1. The lowest BCUT2D eigenvalue weighted by Gasteiger charge is -2.22. The Labute approximate surface area is 187 Å². The van der Waals surface area contributed by atoms with E-state index in [1.54, 1.807) is 27.8 Å². The molecule has 1 saturated carbocycles. The normalized spacial score (nSPS) is 13.2. The number of nitrogens with one attached hydrogen (secondary N) is 1. The third-order valence-electron chi connectivity index (χ3n) is 5.34. The number of hydrogen-bond acceptors (Lipinski definition) is 3. The molecular weight excluding hydrogens is 407 g/mol. The van der Waals surface area contributed by atoms with E-state index in [2.05, 4.69) is 10.3 Å². The number of nitrogens with zero attached hydrogens (tertiary/aromatic N) is 3. The zero-order chi connectivity index (χ0) is 22.7. The van der Waals surface area contributed by atoms with Gasteiger partial charge in [-0.25, -0.2) is 9.37 Å². The Hall–Kier alpha value is -3.48. The van der Waals surface area contributed by atoms with Crippen molar-refractivity contribution in [2.75, 3.05) is 11.9 Å². The van der Waals surface area contributed by atoms with Crippen molar-refractivity contribution in [2.24, 2.45) is 5.92 Å². The lowest BCUT2D eigenvalue weighted by Crippen LogP contribution is -2.40. The molecule has 1 N–H and O–H groups in total. The van der Waals surface area contributed by atoms with E-state index in [1.165, 1.54) is 12.1 Å². The quantitative estimate of drug-likeness (QED) is 0.561. The van der Waals surface area contributed by atoms with Gasteiger partial charge in [0.15, 0.2) is 0 Å². The molecular formula is C25H27FN4O2. The topological polar surface area (TPSA) is 67.2 Å². The monoisotopic (exact) mass is 434 g/mol. The SMILES string of the molecule is CC(C)CC(=O)N(CC(=O)Nc1nc(-c2ccccc2)cn1-c1ccc(F)cc1)C1CC1. The molecule has 1 aliphatic rings. The molecule has 2 amide bonds. The minimum absolute atomic E-state index is 0.00417. The van der Waals surface area contributed by atoms with Crippen LogP contribution in [0.5, 0.6) is 0 Å². The first-order valence-electron chi connectivity index (χ1n) is 10.9. The molecule has 0 saturated heterocycles. The highest BCUT2D eigenvalue weighted by Gasteiger charge is 2.34. The van der Waals surface area contributed by atoms with Crippen LogP contribution in [0.15, 0.2) is 60.8 Å². The molecule has 1 heterocycles. The van der Waals surface area contributed by atoms with Crippen molar-refractivity contribution in [1.82, 2.24) is 14.5 Å². The summed E-state index contributed by atoms with van der Waals surface area (Å²) in [6.07, 6.45) is 4.09. The molecule has 0 atom stereocenters. The van der Waals surface area contributed by atoms with Gasteiger partial charge in [-0.15, -0.1) is 0 Å². The van der Waals surface area contributed by atoms with Crippen LogP contribution in [-0.4, -0.2) is 38.9 Å². The molecule has 2 aromatic carbocycles. The zero-order valence-corrected chi connectivity index (χ0v) is 18.3. The summed E-state index contributed by atoms with van der Waals surface area (Å²) in [5.41, 5.74) is 2.25. The highest BCUT2D eigenvalue weighted by Crippen LogP contribution is 2.28. The summed E-state index contributed by atoms with van der Waals surface area (Å²) >= 11 is 0. The second-order valence-corrected chi connectivity index (χ2v) is 8.56. The second-order valence-electron chi connectivity index (χ2n) is 8.56. The maximum absolute atomic E-state index is 13.4. The smallest absolute Gasteiger partial charge is 0.246 e. The van der Waals surface area contributed by atoms with Crippen LogP contribution in [0.25, 0.3) is 16.9 Å². The molecule has 0 bridgehead atoms. The average Bonchev–Trinajstić information content (AvgIpc) is 3.53. The third kappa shape index (κ3) is 5.22. The number of anilines is 1. The van der Waals surface area contributed by atoms with Crippen LogP contribution in [0.1, 0.15) is 33.1 Å². The molecule has 0 spiro atoms. The standard InChI is InChI=1S/C25H27FN4O2/c1-17(2)14-24(32)29(20-12-13-20)16-23(31)28-25-27-22(18-6-4-3-5-7-18)15-30(25)21-10-8-19(26)9-11-21/h3-11,15,17,20H,12-14,16H2,1-2H3,(H,27,28,31). The van der Waals surface area contributed by atoms with Crippen LogP contribution < -0.4 is 5.32 Å². The van der Waals surface area contributed by atoms with Crippen LogP contribution in [0.3, 0.4) is 0 Å². The third-order valence-corrected chi connectivity index (χ3v) is 5.34. The van der Waals surface area contributed by atoms with Gasteiger partial charge in [-0.2, -0.15) is 0 Å². The van der Waals surface area contributed by atoms with Gasteiger partial charge in [0.25, 0.3) is 0 Å².